The third-order valence-electron chi connectivity index (χ3n) is 5.20. The standard InChI is InChI=1S/C17H31N3O3/c1-6-17(7-2,13(5)20(8-3)9-4)12-18-16(22)15-10-14(11-21)23-19-15/h10,13,21H,6-9,11-12H2,1-5H3,(H,18,22). The highest BCUT2D eigenvalue weighted by molar-refractivity contribution is 5.92. The van der Waals surface area contributed by atoms with Gasteiger partial charge in [-0.05, 0) is 32.9 Å². The second-order valence-electron chi connectivity index (χ2n) is 5.99. The number of aliphatic hydroxyl groups excluding tert-OH is 1. The number of aliphatic hydroxyl groups is 1. The highest BCUT2D eigenvalue weighted by atomic mass is 16.5. The fourth-order valence-electron chi connectivity index (χ4n) is 3.24. The largest absolute Gasteiger partial charge is 0.388 e. The van der Waals surface area contributed by atoms with Crippen LogP contribution in [0.5, 0.6) is 0 Å². The van der Waals surface area contributed by atoms with Crippen molar-refractivity contribution in [2.75, 3.05) is 19.6 Å². The zero-order valence-corrected chi connectivity index (χ0v) is 15.1. The summed E-state index contributed by atoms with van der Waals surface area (Å²) in [6, 6.07) is 1.85. The summed E-state index contributed by atoms with van der Waals surface area (Å²) in [6.45, 7) is 13.3. The molecule has 1 aromatic heterocycles. The molecule has 0 aromatic carbocycles. The molecule has 0 spiro atoms. The van der Waals surface area contributed by atoms with Crippen molar-refractivity contribution in [2.45, 2.75) is 60.1 Å². The third kappa shape index (κ3) is 4.54. The molecule has 0 aliphatic rings. The molecule has 1 heterocycles. The monoisotopic (exact) mass is 325 g/mol. The molecule has 1 atom stereocenters. The minimum atomic E-state index is -0.258. The van der Waals surface area contributed by atoms with Gasteiger partial charge in [0, 0.05) is 24.1 Å². The van der Waals surface area contributed by atoms with Crippen LogP contribution in [0, 0.1) is 5.41 Å². The van der Waals surface area contributed by atoms with E-state index in [2.05, 4.69) is 50.0 Å². The Morgan fingerprint density at radius 1 is 1.35 bits per heavy atom. The Morgan fingerprint density at radius 2 is 1.96 bits per heavy atom. The van der Waals surface area contributed by atoms with Crippen molar-refractivity contribution in [1.82, 2.24) is 15.4 Å². The van der Waals surface area contributed by atoms with Gasteiger partial charge in [0.1, 0.15) is 6.61 Å². The molecule has 0 saturated heterocycles. The van der Waals surface area contributed by atoms with Crippen LogP contribution in [0.15, 0.2) is 10.6 Å². The zero-order chi connectivity index (χ0) is 17.5. The summed E-state index contributed by atoms with van der Waals surface area (Å²) >= 11 is 0. The van der Waals surface area contributed by atoms with E-state index in [1.807, 2.05) is 0 Å². The van der Waals surface area contributed by atoms with E-state index in [4.69, 9.17) is 9.63 Å². The summed E-state index contributed by atoms with van der Waals surface area (Å²) in [5.41, 5.74) is 0.233. The zero-order valence-electron chi connectivity index (χ0n) is 15.1. The van der Waals surface area contributed by atoms with E-state index in [1.165, 1.54) is 6.07 Å². The average molecular weight is 325 g/mol. The van der Waals surface area contributed by atoms with Crippen LogP contribution in [0.25, 0.3) is 0 Å². The summed E-state index contributed by atoms with van der Waals surface area (Å²) in [6.07, 6.45) is 1.98. The lowest BCUT2D eigenvalue weighted by Crippen LogP contribution is -2.51. The molecule has 0 bridgehead atoms. The van der Waals surface area contributed by atoms with Crippen LogP contribution >= 0.6 is 0 Å². The number of rotatable bonds is 10. The number of aromatic nitrogens is 1. The van der Waals surface area contributed by atoms with Gasteiger partial charge < -0.3 is 19.8 Å². The second kappa shape index (κ2) is 9.03. The van der Waals surface area contributed by atoms with Gasteiger partial charge in [0.2, 0.25) is 0 Å². The minimum absolute atomic E-state index is 0.0191. The van der Waals surface area contributed by atoms with E-state index in [0.29, 0.717) is 18.3 Å². The van der Waals surface area contributed by atoms with Crippen LogP contribution in [0.3, 0.4) is 0 Å². The van der Waals surface area contributed by atoms with Crippen LogP contribution in [-0.2, 0) is 6.61 Å². The van der Waals surface area contributed by atoms with E-state index in [-0.39, 0.29) is 23.6 Å². The molecule has 1 amide bonds. The van der Waals surface area contributed by atoms with Crippen LogP contribution < -0.4 is 5.32 Å². The summed E-state index contributed by atoms with van der Waals surface area (Å²) in [5.74, 6) is 0.0374. The fourth-order valence-corrected chi connectivity index (χ4v) is 3.24. The van der Waals surface area contributed by atoms with Gasteiger partial charge in [-0.15, -0.1) is 0 Å². The van der Waals surface area contributed by atoms with E-state index in [9.17, 15) is 4.79 Å². The molecule has 1 unspecified atom stereocenters. The fraction of sp³-hybridized carbons (Fsp3) is 0.765. The number of carbonyl (C=O) groups is 1. The van der Waals surface area contributed by atoms with Gasteiger partial charge in [-0.1, -0.05) is 32.9 Å². The minimum Gasteiger partial charge on any atom is -0.388 e. The van der Waals surface area contributed by atoms with E-state index in [1.54, 1.807) is 0 Å². The maximum Gasteiger partial charge on any atom is 0.273 e. The van der Waals surface area contributed by atoms with Gasteiger partial charge in [-0.25, -0.2) is 0 Å². The molecule has 1 aromatic rings. The van der Waals surface area contributed by atoms with Crippen molar-refractivity contribution >= 4 is 5.91 Å². The molecule has 132 valence electrons. The van der Waals surface area contributed by atoms with Crippen molar-refractivity contribution in [2.24, 2.45) is 5.41 Å². The number of nitrogens with one attached hydrogen (secondary N) is 1. The third-order valence-corrected chi connectivity index (χ3v) is 5.20. The topological polar surface area (TPSA) is 78.6 Å². The molecule has 23 heavy (non-hydrogen) atoms. The van der Waals surface area contributed by atoms with Gasteiger partial charge in [0.05, 0.1) is 0 Å². The van der Waals surface area contributed by atoms with Crippen molar-refractivity contribution in [3.8, 4) is 0 Å². The lowest BCUT2D eigenvalue weighted by atomic mass is 9.75. The SMILES string of the molecule is CCN(CC)C(C)C(CC)(CC)CNC(=O)c1cc(CO)on1. The van der Waals surface area contributed by atoms with Crippen LogP contribution in [0.1, 0.15) is 63.7 Å². The molecule has 0 radical (unpaired) electrons. The van der Waals surface area contributed by atoms with E-state index in [0.717, 1.165) is 25.9 Å². The molecule has 0 saturated carbocycles. The van der Waals surface area contributed by atoms with Gasteiger partial charge in [0.15, 0.2) is 11.5 Å². The molecule has 1 rings (SSSR count). The summed E-state index contributed by atoms with van der Waals surface area (Å²) in [5, 5.41) is 15.7. The normalized spacial score (nSPS) is 13.3. The van der Waals surface area contributed by atoms with Crippen LogP contribution in [0.4, 0.5) is 0 Å². The number of nitrogens with zero attached hydrogens (tertiary/aromatic N) is 2. The second-order valence-corrected chi connectivity index (χ2v) is 5.99. The smallest absolute Gasteiger partial charge is 0.273 e. The Labute approximate surface area is 139 Å². The van der Waals surface area contributed by atoms with Crippen molar-refractivity contribution in [1.29, 1.82) is 0 Å². The van der Waals surface area contributed by atoms with Crippen molar-refractivity contribution in [3.63, 3.8) is 0 Å². The number of amides is 1. The lowest BCUT2D eigenvalue weighted by molar-refractivity contribution is 0.0654. The molecule has 0 aliphatic heterocycles. The number of hydrogen-bond acceptors (Lipinski definition) is 5. The Bertz CT molecular complexity index is 479. The summed E-state index contributed by atoms with van der Waals surface area (Å²) in [4.78, 5) is 14.7. The number of carbonyl (C=O) groups excluding carboxylic acids is 1. The molecule has 6 nitrogen and oxygen atoms in total. The van der Waals surface area contributed by atoms with Crippen LogP contribution in [-0.4, -0.2) is 46.7 Å². The molecular weight excluding hydrogens is 294 g/mol. The van der Waals surface area contributed by atoms with Gasteiger partial charge in [-0.3, -0.25) is 4.79 Å². The molecular formula is C17H31N3O3. The summed E-state index contributed by atoms with van der Waals surface area (Å²) in [7, 11) is 0. The first-order chi connectivity index (χ1) is 11.0. The van der Waals surface area contributed by atoms with Crippen molar-refractivity contribution in [3.05, 3.63) is 17.5 Å². The Morgan fingerprint density at radius 3 is 2.39 bits per heavy atom. The van der Waals surface area contributed by atoms with Gasteiger partial charge >= 0.3 is 0 Å². The highest BCUT2D eigenvalue weighted by Gasteiger charge is 2.36. The molecule has 2 N–H and O–H groups in total. The van der Waals surface area contributed by atoms with E-state index < -0.39 is 0 Å². The van der Waals surface area contributed by atoms with E-state index >= 15 is 0 Å². The predicted molar refractivity (Wildman–Crippen MR) is 90.2 cm³/mol. The number of hydrogen-bond donors (Lipinski definition) is 2. The Hall–Kier alpha value is -1.40. The maximum absolute atomic E-state index is 12.3. The molecule has 6 heteroatoms. The summed E-state index contributed by atoms with van der Waals surface area (Å²) < 4.78 is 4.87. The Kier molecular flexibility index (Phi) is 7.72. The lowest BCUT2D eigenvalue weighted by Gasteiger charge is -2.43. The van der Waals surface area contributed by atoms with Gasteiger partial charge in [-0.2, -0.15) is 0 Å². The van der Waals surface area contributed by atoms with Gasteiger partial charge in [0.25, 0.3) is 5.91 Å². The molecule has 0 aliphatic carbocycles. The predicted octanol–water partition coefficient (Wildman–Crippen LogP) is 2.43. The van der Waals surface area contributed by atoms with Crippen molar-refractivity contribution < 1.29 is 14.4 Å². The average Bonchev–Trinajstić information content (AvgIpc) is 3.06. The van der Waals surface area contributed by atoms with Crippen LogP contribution in [0.2, 0.25) is 0 Å². The molecule has 0 fully saturated rings. The highest BCUT2D eigenvalue weighted by Crippen LogP contribution is 2.33. The first-order valence-electron chi connectivity index (χ1n) is 8.56. The first kappa shape index (κ1) is 19.6. The maximum atomic E-state index is 12.3. The first-order valence-corrected chi connectivity index (χ1v) is 8.56. The Balaban J connectivity index is 2.80. The quantitative estimate of drug-likeness (QED) is 0.691.